The lowest BCUT2D eigenvalue weighted by Crippen LogP contribution is -2.29. The highest BCUT2D eigenvalue weighted by molar-refractivity contribution is 5.92. The number of nitrogens with one attached hydrogen (secondary N) is 1. The van der Waals surface area contributed by atoms with Gasteiger partial charge in [0.05, 0.1) is 0 Å². The fourth-order valence-electron chi connectivity index (χ4n) is 1.47. The Morgan fingerprint density at radius 2 is 2.31 bits per heavy atom. The number of rotatable bonds is 6. The Morgan fingerprint density at radius 3 is 2.94 bits per heavy atom. The molecule has 0 aliphatic heterocycles. The van der Waals surface area contributed by atoms with E-state index in [0.29, 0.717) is 18.8 Å². The van der Waals surface area contributed by atoms with Gasteiger partial charge in [0.2, 0.25) is 0 Å². The molecule has 1 rings (SSSR count). The van der Waals surface area contributed by atoms with Gasteiger partial charge < -0.3 is 10.2 Å². The first kappa shape index (κ1) is 12.7. The van der Waals surface area contributed by atoms with E-state index < -0.39 is 0 Å². The van der Waals surface area contributed by atoms with Gasteiger partial charge in [-0.3, -0.25) is 9.48 Å². The summed E-state index contributed by atoms with van der Waals surface area (Å²) >= 11 is 0. The van der Waals surface area contributed by atoms with Gasteiger partial charge in [-0.15, -0.1) is 0 Å². The van der Waals surface area contributed by atoms with Gasteiger partial charge in [-0.1, -0.05) is 0 Å². The molecule has 0 aromatic carbocycles. The predicted molar refractivity (Wildman–Crippen MR) is 63.4 cm³/mol. The van der Waals surface area contributed by atoms with E-state index in [0.717, 1.165) is 13.0 Å². The second kappa shape index (κ2) is 6.27. The first-order chi connectivity index (χ1) is 7.65. The number of amides is 1. The fraction of sp³-hybridized carbons (Fsp3) is 0.636. The second-order valence-electron chi connectivity index (χ2n) is 3.94. The summed E-state index contributed by atoms with van der Waals surface area (Å²) in [5.74, 6) is -0.0434. The van der Waals surface area contributed by atoms with E-state index >= 15 is 0 Å². The van der Waals surface area contributed by atoms with Crippen LogP contribution in [0.4, 0.5) is 0 Å². The highest BCUT2D eigenvalue weighted by atomic mass is 16.2. The number of carbonyl (C=O) groups is 1. The minimum Gasteiger partial charge on any atom is -0.351 e. The molecule has 0 unspecified atom stereocenters. The highest BCUT2D eigenvalue weighted by Crippen LogP contribution is 1.98. The molecule has 5 heteroatoms. The van der Waals surface area contributed by atoms with Crippen LogP contribution in [0.25, 0.3) is 0 Å². The van der Waals surface area contributed by atoms with Crippen molar-refractivity contribution in [3.63, 3.8) is 0 Å². The second-order valence-corrected chi connectivity index (χ2v) is 3.94. The van der Waals surface area contributed by atoms with Crippen molar-refractivity contribution in [1.82, 2.24) is 20.0 Å². The van der Waals surface area contributed by atoms with Gasteiger partial charge in [0, 0.05) is 19.3 Å². The summed E-state index contributed by atoms with van der Waals surface area (Å²) in [4.78, 5) is 13.8. The Balaban J connectivity index is 2.35. The van der Waals surface area contributed by atoms with E-state index in [-0.39, 0.29) is 5.91 Å². The summed E-state index contributed by atoms with van der Waals surface area (Å²) in [7, 11) is 4.04. The van der Waals surface area contributed by atoms with E-state index in [9.17, 15) is 4.79 Å². The molecular formula is C11H20N4O. The molecule has 90 valence electrons. The van der Waals surface area contributed by atoms with Crippen LogP contribution in [0.15, 0.2) is 12.3 Å². The molecule has 16 heavy (non-hydrogen) atoms. The number of carbonyl (C=O) groups excluding carboxylic acids is 1. The van der Waals surface area contributed by atoms with Crippen LogP contribution in [-0.4, -0.2) is 47.8 Å². The Hall–Kier alpha value is -1.36. The van der Waals surface area contributed by atoms with Crippen LogP contribution in [0, 0.1) is 0 Å². The normalized spacial score (nSPS) is 10.8. The van der Waals surface area contributed by atoms with Crippen LogP contribution in [-0.2, 0) is 6.54 Å². The minimum atomic E-state index is -0.0434. The van der Waals surface area contributed by atoms with Crippen molar-refractivity contribution in [2.75, 3.05) is 27.2 Å². The van der Waals surface area contributed by atoms with Crippen molar-refractivity contribution < 1.29 is 4.79 Å². The van der Waals surface area contributed by atoms with Gasteiger partial charge in [0.25, 0.3) is 5.91 Å². The van der Waals surface area contributed by atoms with E-state index in [1.54, 1.807) is 16.9 Å². The summed E-state index contributed by atoms with van der Waals surface area (Å²) in [6.45, 7) is 4.36. The summed E-state index contributed by atoms with van der Waals surface area (Å²) in [6.07, 6.45) is 2.61. The molecule has 0 saturated carbocycles. The molecule has 1 N–H and O–H groups in total. The van der Waals surface area contributed by atoms with Crippen molar-refractivity contribution in [3.8, 4) is 0 Å². The van der Waals surface area contributed by atoms with Crippen molar-refractivity contribution in [2.45, 2.75) is 19.9 Å². The van der Waals surface area contributed by atoms with Gasteiger partial charge in [-0.25, -0.2) is 0 Å². The zero-order valence-electron chi connectivity index (χ0n) is 10.2. The molecule has 1 aromatic heterocycles. The number of nitrogens with zero attached hydrogens (tertiary/aromatic N) is 3. The van der Waals surface area contributed by atoms with Crippen LogP contribution in [0.3, 0.4) is 0 Å². The van der Waals surface area contributed by atoms with E-state index in [1.807, 2.05) is 21.0 Å². The Morgan fingerprint density at radius 1 is 1.56 bits per heavy atom. The molecular weight excluding hydrogens is 204 g/mol. The third-order valence-electron chi connectivity index (χ3n) is 2.32. The predicted octanol–water partition coefficient (Wildman–Crippen LogP) is 0.584. The van der Waals surface area contributed by atoms with Crippen LogP contribution in [0.5, 0.6) is 0 Å². The lowest BCUT2D eigenvalue weighted by atomic mass is 10.3. The maximum absolute atomic E-state index is 11.7. The smallest absolute Gasteiger partial charge is 0.269 e. The maximum atomic E-state index is 11.7. The van der Waals surface area contributed by atoms with Crippen molar-refractivity contribution in [2.24, 2.45) is 0 Å². The maximum Gasteiger partial charge on any atom is 0.269 e. The third kappa shape index (κ3) is 3.66. The van der Waals surface area contributed by atoms with Gasteiger partial charge in [0.1, 0.15) is 5.69 Å². The van der Waals surface area contributed by atoms with Crippen LogP contribution in [0.1, 0.15) is 23.8 Å². The lowest BCUT2D eigenvalue weighted by Gasteiger charge is -2.10. The number of aromatic nitrogens is 2. The van der Waals surface area contributed by atoms with Crippen molar-refractivity contribution in [1.29, 1.82) is 0 Å². The SMILES string of the molecule is CCn1nccc1C(=O)NCCCN(C)C. The zero-order chi connectivity index (χ0) is 12.0. The van der Waals surface area contributed by atoms with Crippen molar-refractivity contribution in [3.05, 3.63) is 18.0 Å². The average molecular weight is 224 g/mol. The minimum absolute atomic E-state index is 0.0434. The summed E-state index contributed by atoms with van der Waals surface area (Å²) < 4.78 is 1.70. The number of hydrogen-bond donors (Lipinski definition) is 1. The molecule has 1 amide bonds. The van der Waals surface area contributed by atoms with Crippen LogP contribution >= 0.6 is 0 Å². The van der Waals surface area contributed by atoms with Gasteiger partial charge >= 0.3 is 0 Å². The molecule has 0 spiro atoms. The Kier molecular flexibility index (Phi) is 4.98. The summed E-state index contributed by atoms with van der Waals surface area (Å²) in [5.41, 5.74) is 0.632. The van der Waals surface area contributed by atoms with Crippen LogP contribution in [0.2, 0.25) is 0 Å². The zero-order valence-corrected chi connectivity index (χ0v) is 10.2. The molecule has 5 nitrogen and oxygen atoms in total. The monoisotopic (exact) mass is 224 g/mol. The molecule has 0 fully saturated rings. The summed E-state index contributed by atoms with van der Waals surface area (Å²) in [5, 5.41) is 6.95. The molecule has 0 aliphatic carbocycles. The Labute approximate surface area is 96.4 Å². The Bertz CT molecular complexity index is 332. The first-order valence-electron chi connectivity index (χ1n) is 5.60. The molecule has 0 bridgehead atoms. The average Bonchev–Trinajstić information content (AvgIpc) is 2.71. The number of hydrogen-bond acceptors (Lipinski definition) is 3. The van der Waals surface area contributed by atoms with Gasteiger partial charge in [0.15, 0.2) is 0 Å². The fourth-order valence-corrected chi connectivity index (χ4v) is 1.47. The van der Waals surface area contributed by atoms with E-state index in [1.165, 1.54) is 0 Å². The van der Waals surface area contributed by atoms with Gasteiger partial charge in [-0.2, -0.15) is 5.10 Å². The number of aryl methyl sites for hydroxylation is 1. The molecule has 1 heterocycles. The third-order valence-corrected chi connectivity index (χ3v) is 2.32. The topological polar surface area (TPSA) is 50.2 Å². The van der Waals surface area contributed by atoms with Gasteiger partial charge in [-0.05, 0) is 40.1 Å². The lowest BCUT2D eigenvalue weighted by molar-refractivity contribution is 0.0941. The molecule has 0 atom stereocenters. The summed E-state index contributed by atoms with van der Waals surface area (Å²) in [6, 6.07) is 1.74. The van der Waals surface area contributed by atoms with E-state index in [2.05, 4.69) is 15.3 Å². The van der Waals surface area contributed by atoms with E-state index in [4.69, 9.17) is 0 Å². The quantitative estimate of drug-likeness (QED) is 0.719. The highest BCUT2D eigenvalue weighted by Gasteiger charge is 2.09. The molecule has 0 saturated heterocycles. The largest absolute Gasteiger partial charge is 0.351 e. The first-order valence-corrected chi connectivity index (χ1v) is 5.60. The molecule has 0 aliphatic rings. The molecule has 0 radical (unpaired) electrons. The molecule has 1 aromatic rings. The standard InChI is InChI=1S/C11H20N4O/c1-4-15-10(6-8-13-15)11(16)12-7-5-9-14(2)3/h6,8H,4-5,7,9H2,1-3H3,(H,12,16). The van der Waals surface area contributed by atoms with Crippen LogP contribution < -0.4 is 5.32 Å². The van der Waals surface area contributed by atoms with Crippen molar-refractivity contribution >= 4 is 5.91 Å².